The molecule has 1 N–H and O–H groups in total. The summed E-state index contributed by atoms with van der Waals surface area (Å²) in [4.78, 5) is 12.3. The molecule has 0 saturated carbocycles. The normalized spacial score (nSPS) is 21.1. The zero-order chi connectivity index (χ0) is 13.5. The SMILES string of the molecule is CC1(Cc2ccccc2Cl)C(=O)Nc2ccccc21. The number of fused-ring (bicyclic) bond motifs is 1. The Balaban J connectivity index is 2.04. The summed E-state index contributed by atoms with van der Waals surface area (Å²) in [5, 5.41) is 3.65. The van der Waals surface area contributed by atoms with E-state index in [9.17, 15) is 4.79 Å². The number of benzene rings is 2. The van der Waals surface area contributed by atoms with Crippen LogP contribution in [0.15, 0.2) is 48.5 Å². The standard InChI is InChI=1S/C16H14ClNO/c1-16(10-11-6-2-4-8-13(11)17)12-7-3-5-9-14(12)18-15(16)19/h2-9H,10H2,1H3,(H,18,19). The first-order valence-corrected chi connectivity index (χ1v) is 6.63. The molecule has 1 heterocycles. The number of hydrogen-bond acceptors (Lipinski definition) is 1. The van der Waals surface area contributed by atoms with E-state index in [1.165, 1.54) is 0 Å². The third-order valence-corrected chi connectivity index (χ3v) is 4.14. The minimum Gasteiger partial charge on any atom is -0.325 e. The molecule has 2 nitrogen and oxygen atoms in total. The fourth-order valence-corrected chi connectivity index (χ4v) is 2.86. The predicted molar refractivity (Wildman–Crippen MR) is 77.6 cm³/mol. The van der Waals surface area contributed by atoms with Crippen LogP contribution in [0.3, 0.4) is 0 Å². The first-order chi connectivity index (χ1) is 9.11. The lowest BCUT2D eigenvalue weighted by Gasteiger charge is -2.22. The van der Waals surface area contributed by atoms with Crippen LogP contribution in [0, 0.1) is 0 Å². The molecule has 2 aromatic carbocycles. The monoisotopic (exact) mass is 271 g/mol. The quantitative estimate of drug-likeness (QED) is 0.885. The third-order valence-electron chi connectivity index (χ3n) is 3.77. The van der Waals surface area contributed by atoms with Crippen LogP contribution in [0.25, 0.3) is 0 Å². The second-order valence-electron chi connectivity index (χ2n) is 5.10. The first kappa shape index (κ1) is 12.2. The van der Waals surface area contributed by atoms with Crippen molar-refractivity contribution in [3.63, 3.8) is 0 Å². The van der Waals surface area contributed by atoms with Crippen LogP contribution in [-0.2, 0) is 16.6 Å². The summed E-state index contributed by atoms with van der Waals surface area (Å²) in [6, 6.07) is 15.5. The van der Waals surface area contributed by atoms with E-state index in [-0.39, 0.29) is 5.91 Å². The van der Waals surface area contributed by atoms with Crippen molar-refractivity contribution in [3.05, 3.63) is 64.7 Å². The molecule has 0 bridgehead atoms. The van der Waals surface area contributed by atoms with Gasteiger partial charge in [-0.05, 0) is 36.6 Å². The number of rotatable bonds is 2. The smallest absolute Gasteiger partial charge is 0.235 e. The van der Waals surface area contributed by atoms with E-state index in [1.54, 1.807) is 0 Å². The van der Waals surface area contributed by atoms with Crippen LogP contribution in [0.4, 0.5) is 5.69 Å². The van der Waals surface area contributed by atoms with Crippen molar-refractivity contribution in [2.75, 3.05) is 5.32 Å². The fourth-order valence-electron chi connectivity index (χ4n) is 2.65. The molecule has 0 spiro atoms. The highest BCUT2D eigenvalue weighted by molar-refractivity contribution is 6.31. The molecule has 1 unspecified atom stereocenters. The average molecular weight is 272 g/mol. The molecule has 3 heteroatoms. The Bertz CT molecular complexity index is 653. The number of anilines is 1. The van der Waals surface area contributed by atoms with Crippen molar-refractivity contribution in [1.82, 2.24) is 0 Å². The third kappa shape index (κ3) is 1.92. The van der Waals surface area contributed by atoms with Crippen molar-refractivity contribution in [2.45, 2.75) is 18.8 Å². The molecule has 1 atom stereocenters. The molecule has 1 amide bonds. The van der Waals surface area contributed by atoms with Crippen molar-refractivity contribution in [2.24, 2.45) is 0 Å². The summed E-state index contributed by atoms with van der Waals surface area (Å²) in [5.74, 6) is 0.0358. The topological polar surface area (TPSA) is 29.1 Å². The largest absolute Gasteiger partial charge is 0.325 e. The molecule has 0 fully saturated rings. The number of carbonyl (C=O) groups excluding carboxylic acids is 1. The lowest BCUT2D eigenvalue weighted by atomic mass is 9.78. The molecular weight excluding hydrogens is 258 g/mol. The van der Waals surface area contributed by atoms with Gasteiger partial charge in [-0.2, -0.15) is 0 Å². The van der Waals surface area contributed by atoms with Gasteiger partial charge < -0.3 is 5.32 Å². The van der Waals surface area contributed by atoms with Gasteiger partial charge in [-0.25, -0.2) is 0 Å². The number of halogens is 1. The molecule has 0 aromatic heterocycles. The van der Waals surface area contributed by atoms with Crippen LogP contribution in [0.1, 0.15) is 18.1 Å². The van der Waals surface area contributed by atoms with Gasteiger partial charge in [0, 0.05) is 10.7 Å². The van der Waals surface area contributed by atoms with E-state index < -0.39 is 5.41 Å². The Morgan fingerprint density at radius 3 is 2.58 bits per heavy atom. The second-order valence-corrected chi connectivity index (χ2v) is 5.51. The van der Waals surface area contributed by atoms with Crippen LogP contribution in [-0.4, -0.2) is 5.91 Å². The van der Waals surface area contributed by atoms with Crippen molar-refractivity contribution in [3.8, 4) is 0 Å². The zero-order valence-electron chi connectivity index (χ0n) is 10.6. The van der Waals surface area contributed by atoms with Gasteiger partial charge in [0.25, 0.3) is 0 Å². The first-order valence-electron chi connectivity index (χ1n) is 6.25. The minimum absolute atomic E-state index is 0.0358. The molecule has 19 heavy (non-hydrogen) atoms. The van der Waals surface area contributed by atoms with Crippen molar-refractivity contribution >= 4 is 23.2 Å². The van der Waals surface area contributed by atoms with Crippen LogP contribution in [0.2, 0.25) is 5.02 Å². The Labute approximate surface area is 117 Å². The molecule has 0 aliphatic carbocycles. The highest BCUT2D eigenvalue weighted by atomic mass is 35.5. The van der Waals surface area contributed by atoms with Crippen LogP contribution < -0.4 is 5.32 Å². The second kappa shape index (κ2) is 4.39. The van der Waals surface area contributed by atoms with Crippen LogP contribution >= 0.6 is 11.6 Å². The highest BCUT2D eigenvalue weighted by Gasteiger charge is 2.42. The summed E-state index contributed by atoms with van der Waals surface area (Å²) in [6.45, 7) is 1.97. The highest BCUT2D eigenvalue weighted by Crippen LogP contribution is 2.40. The molecule has 0 saturated heterocycles. The summed E-state index contributed by atoms with van der Waals surface area (Å²) >= 11 is 6.21. The van der Waals surface area contributed by atoms with Gasteiger partial charge >= 0.3 is 0 Å². The number of amides is 1. The predicted octanol–water partition coefficient (Wildman–Crippen LogP) is 3.79. The molecule has 0 radical (unpaired) electrons. The van der Waals surface area contributed by atoms with Gasteiger partial charge in [-0.3, -0.25) is 4.79 Å². The molecule has 96 valence electrons. The summed E-state index contributed by atoms with van der Waals surface area (Å²) in [5.41, 5.74) is 2.39. The van der Waals surface area contributed by atoms with E-state index in [4.69, 9.17) is 11.6 Å². The van der Waals surface area contributed by atoms with Gasteiger partial charge in [0.2, 0.25) is 5.91 Å². The Morgan fingerprint density at radius 2 is 1.79 bits per heavy atom. The summed E-state index contributed by atoms with van der Waals surface area (Å²) in [6.07, 6.45) is 0.607. The van der Waals surface area contributed by atoms with Gasteiger partial charge in [0.1, 0.15) is 0 Å². The zero-order valence-corrected chi connectivity index (χ0v) is 11.4. The van der Waals surface area contributed by atoms with E-state index in [0.717, 1.165) is 16.8 Å². The maximum Gasteiger partial charge on any atom is 0.235 e. The van der Waals surface area contributed by atoms with E-state index in [1.807, 2.05) is 55.5 Å². The Morgan fingerprint density at radius 1 is 1.11 bits per heavy atom. The van der Waals surface area contributed by atoms with E-state index in [2.05, 4.69) is 5.32 Å². The maximum absolute atomic E-state index is 12.3. The van der Waals surface area contributed by atoms with E-state index in [0.29, 0.717) is 11.4 Å². The van der Waals surface area contributed by atoms with E-state index >= 15 is 0 Å². The fraction of sp³-hybridized carbons (Fsp3) is 0.188. The molecule has 1 aliphatic rings. The maximum atomic E-state index is 12.3. The Kier molecular flexibility index (Phi) is 2.83. The number of para-hydroxylation sites is 1. The summed E-state index contributed by atoms with van der Waals surface area (Å²) in [7, 11) is 0. The molecular formula is C16H14ClNO. The molecule has 3 rings (SSSR count). The van der Waals surface area contributed by atoms with Gasteiger partial charge in [0.05, 0.1) is 5.41 Å². The average Bonchev–Trinajstić information content (AvgIpc) is 2.65. The number of hydrogen-bond donors (Lipinski definition) is 1. The molecule has 2 aromatic rings. The van der Waals surface area contributed by atoms with Crippen molar-refractivity contribution in [1.29, 1.82) is 0 Å². The lowest BCUT2D eigenvalue weighted by Crippen LogP contribution is -2.33. The minimum atomic E-state index is -0.554. The lowest BCUT2D eigenvalue weighted by molar-refractivity contribution is -0.120. The summed E-state index contributed by atoms with van der Waals surface area (Å²) < 4.78 is 0. The van der Waals surface area contributed by atoms with Crippen molar-refractivity contribution < 1.29 is 4.79 Å². The van der Waals surface area contributed by atoms with Crippen LogP contribution in [0.5, 0.6) is 0 Å². The van der Waals surface area contributed by atoms with Gasteiger partial charge in [-0.1, -0.05) is 48.0 Å². The number of carbonyl (C=O) groups is 1. The molecule has 1 aliphatic heterocycles. The Hall–Kier alpha value is -1.80. The number of nitrogens with one attached hydrogen (secondary N) is 1. The van der Waals surface area contributed by atoms with Gasteiger partial charge in [-0.15, -0.1) is 0 Å². The van der Waals surface area contributed by atoms with Gasteiger partial charge in [0.15, 0.2) is 0 Å².